The van der Waals surface area contributed by atoms with Gasteiger partial charge in [-0.3, -0.25) is 0 Å². The van der Waals surface area contributed by atoms with E-state index in [0.717, 1.165) is 5.56 Å². The summed E-state index contributed by atoms with van der Waals surface area (Å²) >= 11 is 0. The highest BCUT2D eigenvalue weighted by atomic mass is 16.5. The lowest BCUT2D eigenvalue weighted by molar-refractivity contribution is 0.0473. The van der Waals surface area contributed by atoms with Gasteiger partial charge in [0.15, 0.2) is 0 Å². The Balaban J connectivity index is 1.87. The Morgan fingerprint density at radius 2 is 2.00 bits per heavy atom. The summed E-state index contributed by atoms with van der Waals surface area (Å²) in [5.41, 5.74) is 1.62. The van der Waals surface area contributed by atoms with Gasteiger partial charge in [0.2, 0.25) is 0 Å². The number of phenolic OH excluding ortho intramolecular Hbond substituents is 1. The number of hydrogen-bond donors (Lipinski definition) is 1. The van der Waals surface area contributed by atoms with Gasteiger partial charge >= 0.3 is 11.6 Å². The molecule has 0 aliphatic carbocycles. The number of aryl methyl sites for hydroxylation is 1. The summed E-state index contributed by atoms with van der Waals surface area (Å²) in [5.74, 6) is -0.469. The van der Waals surface area contributed by atoms with Crippen LogP contribution in [-0.4, -0.2) is 11.1 Å². The molecular formula is C18H14O5. The average molecular weight is 310 g/mol. The molecule has 2 aromatic carbocycles. The Hall–Kier alpha value is -3.08. The Kier molecular flexibility index (Phi) is 3.85. The molecule has 1 heterocycles. The fraction of sp³-hybridized carbons (Fsp3) is 0.111. The van der Waals surface area contributed by atoms with Crippen molar-refractivity contribution in [3.8, 4) is 5.75 Å². The summed E-state index contributed by atoms with van der Waals surface area (Å²) in [6.45, 7) is 1.83. The van der Waals surface area contributed by atoms with Crippen LogP contribution in [0.3, 0.4) is 0 Å². The first-order chi connectivity index (χ1) is 11.0. The molecule has 0 saturated carbocycles. The summed E-state index contributed by atoms with van der Waals surface area (Å²) in [7, 11) is 0. The molecule has 0 bridgehead atoms. The van der Waals surface area contributed by atoms with Gasteiger partial charge in [-0.05, 0) is 31.2 Å². The molecule has 23 heavy (non-hydrogen) atoms. The predicted octanol–water partition coefficient (Wildman–Crippen LogP) is 3.16. The van der Waals surface area contributed by atoms with E-state index in [1.807, 2.05) is 13.0 Å². The van der Waals surface area contributed by atoms with Gasteiger partial charge in [-0.15, -0.1) is 0 Å². The van der Waals surface area contributed by atoms with Crippen molar-refractivity contribution in [3.05, 3.63) is 75.6 Å². The maximum atomic E-state index is 12.1. The van der Waals surface area contributed by atoms with Crippen LogP contribution in [-0.2, 0) is 11.3 Å². The number of hydrogen-bond acceptors (Lipinski definition) is 5. The highest BCUT2D eigenvalue weighted by Crippen LogP contribution is 2.22. The minimum atomic E-state index is -0.565. The molecule has 0 saturated heterocycles. The molecule has 3 rings (SSSR count). The molecule has 3 aromatic rings. The second kappa shape index (κ2) is 5.96. The summed E-state index contributed by atoms with van der Waals surface area (Å²) in [6.07, 6.45) is 0. The molecule has 0 fully saturated rings. The Bertz CT molecular complexity index is 940. The van der Waals surface area contributed by atoms with E-state index in [4.69, 9.17) is 9.15 Å². The van der Waals surface area contributed by atoms with Crippen molar-refractivity contribution in [3.63, 3.8) is 0 Å². The van der Waals surface area contributed by atoms with Gasteiger partial charge in [0.1, 0.15) is 17.9 Å². The van der Waals surface area contributed by atoms with E-state index in [2.05, 4.69) is 0 Å². The Morgan fingerprint density at radius 1 is 1.17 bits per heavy atom. The fourth-order valence-electron chi connectivity index (χ4n) is 2.34. The number of ether oxygens (including phenoxy) is 1. The highest BCUT2D eigenvalue weighted by Gasteiger charge is 2.11. The van der Waals surface area contributed by atoms with Crippen molar-refractivity contribution < 1.29 is 19.1 Å². The molecule has 0 amide bonds. The maximum absolute atomic E-state index is 12.1. The van der Waals surface area contributed by atoms with Gasteiger partial charge in [-0.2, -0.15) is 0 Å². The minimum Gasteiger partial charge on any atom is -0.508 e. The zero-order valence-corrected chi connectivity index (χ0v) is 12.4. The Morgan fingerprint density at radius 3 is 2.78 bits per heavy atom. The number of esters is 1. The van der Waals surface area contributed by atoms with Crippen LogP contribution < -0.4 is 5.63 Å². The predicted molar refractivity (Wildman–Crippen MR) is 84.4 cm³/mol. The van der Waals surface area contributed by atoms with Crippen molar-refractivity contribution in [1.82, 2.24) is 0 Å². The van der Waals surface area contributed by atoms with Crippen LogP contribution in [0.4, 0.5) is 0 Å². The van der Waals surface area contributed by atoms with E-state index in [-0.39, 0.29) is 17.9 Å². The van der Waals surface area contributed by atoms with Crippen LogP contribution in [0.2, 0.25) is 0 Å². The van der Waals surface area contributed by atoms with Crippen LogP contribution in [0.1, 0.15) is 21.5 Å². The molecule has 0 unspecified atom stereocenters. The van der Waals surface area contributed by atoms with Crippen molar-refractivity contribution in [1.29, 1.82) is 0 Å². The average Bonchev–Trinajstić information content (AvgIpc) is 2.51. The molecule has 0 radical (unpaired) electrons. The quantitative estimate of drug-likeness (QED) is 0.594. The van der Waals surface area contributed by atoms with Crippen molar-refractivity contribution in [2.45, 2.75) is 13.5 Å². The number of rotatable bonds is 3. The van der Waals surface area contributed by atoms with Gasteiger partial charge in [0, 0.05) is 23.1 Å². The van der Waals surface area contributed by atoms with Crippen LogP contribution >= 0.6 is 0 Å². The number of carbonyl (C=O) groups excluding carboxylic acids is 1. The lowest BCUT2D eigenvalue weighted by Gasteiger charge is -2.08. The molecule has 0 atom stereocenters. The van der Waals surface area contributed by atoms with E-state index < -0.39 is 11.6 Å². The smallest absolute Gasteiger partial charge is 0.338 e. The third-order valence-electron chi connectivity index (χ3n) is 3.43. The van der Waals surface area contributed by atoms with E-state index in [9.17, 15) is 14.7 Å². The number of fused-ring (bicyclic) bond motifs is 1. The minimum absolute atomic E-state index is 0.00504. The lowest BCUT2D eigenvalue weighted by atomic mass is 10.1. The topological polar surface area (TPSA) is 76.7 Å². The first-order valence-corrected chi connectivity index (χ1v) is 7.02. The van der Waals surface area contributed by atoms with E-state index in [0.29, 0.717) is 16.5 Å². The number of carbonyl (C=O) groups is 1. The largest absolute Gasteiger partial charge is 0.508 e. The Labute approximate surface area is 131 Å². The first kappa shape index (κ1) is 14.8. The zero-order valence-electron chi connectivity index (χ0n) is 12.4. The van der Waals surface area contributed by atoms with Gasteiger partial charge in [-0.1, -0.05) is 17.7 Å². The normalized spacial score (nSPS) is 10.7. The summed E-state index contributed by atoms with van der Waals surface area (Å²) < 4.78 is 10.3. The van der Waals surface area contributed by atoms with Gasteiger partial charge < -0.3 is 14.3 Å². The third-order valence-corrected chi connectivity index (χ3v) is 3.43. The van der Waals surface area contributed by atoms with Crippen LogP contribution in [0.15, 0.2) is 57.7 Å². The maximum Gasteiger partial charge on any atom is 0.338 e. The first-order valence-electron chi connectivity index (χ1n) is 7.02. The van der Waals surface area contributed by atoms with Crippen molar-refractivity contribution in [2.24, 2.45) is 0 Å². The van der Waals surface area contributed by atoms with Gasteiger partial charge in [0.25, 0.3) is 0 Å². The number of benzene rings is 2. The van der Waals surface area contributed by atoms with E-state index in [1.165, 1.54) is 18.2 Å². The third kappa shape index (κ3) is 3.23. The monoisotopic (exact) mass is 310 g/mol. The second-order valence-electron chi connectivity index (χ2n) is 5.22. The summed E-state index contributed by atoms with van der Waals surface area (Å²) in [4.78, 5) is 23.7. The van der Waals surface area contributed by atoms with Crippen molar-refractivity contribution in [2.75, 3.05) is 0 Å². The molecule has 5 nitrogen and oxygen atoms in total. The molecule has 0 aliphatic heterocycles. The number of aromatic hydroxyl groups is 1. The highest BCUT2D eigenvalue weighted by molar-refractivity contribution is 5.90. The second-order valence-corrected chi connectivity index (χ2v) is 5.22. The SMILES string of the molecule is Cc1cccc(C(=O)OCc2cc(=O)oc3cc(O)ccc23)c1. The fourth-order valence-corrected chi connectivity index (χ4v) is 2.34. The lowest BCUT2D eigenvalue weighted by Crippen LogP contribution is -2.08. The molecule has 1 aromatic heterocycles. The zero-order chi connectivity index (χ0) is 16.4. The van der Waals surface area contributed by atoms with Crippen LogP contribution in [0.5, 0.6) is 5.75 Å². The van der Waals surface area contributed by atoms with Gasteiger partial charge in [0.05, 0.1) is 5.56 Å². The molecule has 1 N–H and O–H groups in total. The van der Waals surface area contributed by atoms with E-state index >= 15 is 0 Å². The molecule has 116 valence electrons. The molecule has 0 spiro atoms. The standard InChI is InChI=1S/C18H14O5/c1-11-3-2-4-12(7-11)18(21)22-10-13-8-17(20)23-16-9-14(19)5-6-15(13)16/h2-9,19H,10H2,1H3. The summed E-state index contributed by atoms with van der Waals surface area (Å²) in [5, 5.41) is 10.1. The molecule has 5 heteroatoms. The van der Waals surface area contributed by atoms with Gasteiger partial charge in [-0.25, -0.2) is 9.59 Å². The molecular weight excluding hydrogens is 296 g/mol. The van der Waals surface area contributed by atoms with E-state index in [1.54, 1.807) is 24.3 Å². The number of phenols is 1. The summed E-state index contributed by atoms with van der Waals surface area (Å²) in [6, 6.07) is 12.8. The van der Waals surface area contributed by atoms with Crippen LogP contribution in [0.25, 0.3) is 11.0 Å². The van der Waals surface area contributed by atoms with Crippen LogP contribution in [0, 0.1) is 6.92 Å². The molecule has 0 aliphatic rings. The van der Waals surface area contributed by atoms with Crippen molar-refractivity contribution >= 4 is 16.9 Å².